The zero-order valence-corrected chi connectivity index (χ0v) is 9.17. The smallest absolute Gasteiger partial charge is 0.310 e. The Morgan fingerprint density at radius 2 is 1.88 bits per heavy atom. The number of carboxylic acids is 1. The molecule has 0 spiro atoms. The minimum Gasteiger partial charge on any atom is -0.481 e. The Labute approximate surface area is 99.0 Å². The van der Waals surface area contributed by atoms with E-state index in [1.54, 1.807) is 36.4 Å². The highest BCUT2D eigenvalue weighted by atomic mass is 16.4. The summed E-state index contributed by atoms with van der Waals surface area (Å²) in [6, 6.07) is 8.68. The molecule has 1 aromatic rings. The van der Waals surface area contributed by atoms with E-state index in [-0.39, 0.29) is 11.9 Å². The van der Waals surface area contributed by atoms with E-state index in [1.807, 2.05) is 6.07 Å². The highest BCUT2D eigenvalue weighted by molar-refractivity contribution is 5.94. The van der Waals surface area contributed by atoms with E-state index in [0.717, 1.165) is 0 Å². The van der Waals surface area contributed by atoms with E-state index < -0.39 is 11.9 Å². The van der Waals surface area contributed by atoms with Gasteiger partial charge < -0.3 is 10.4 Å². The van der Waals surface area contributed by atoms with Crippen LogP contribution in [0.5, 0.6) is 0 Å². The molecule has 2 N–H and O–H groups in total. The lowest BCUT2D eigenvalue weighted by Crippen LogP contribution is -2.33. The minimum absolute atomic E-state index is 0.175. The minimum atomic E-state index is -0.849. The number of hydrogen-bond donors (Lipinski definition) is 2. The van der Waals surface area contributed by atoms with Gasteiger partial charge in [-0.05, 0) is 18.6 Å². The van der Waals surface area contributed by atoms with Crippen molar-refractivity contribution < 1.29 is 14.7 Å². The normalized spacial score (nSPS) is 22.4. The Morgan fingerprint density at radius 1 is 1.18 bits per heavy atom. The van der Waals surface area contributed by atoms with Gasteiger partial charge in [-0.3, -0.25) is 9.59 Å². The van der Waals surface area contributed by atoms with Gasteiger partial charge in [-0.15, -0.1) is 0 Å². The molecule has 0 saturated carbocycles. The number of hydrogen-bond acceptors (Lipinski definition) is 2. The van der Waals surface area contributed by atoms with Crippen LogP contribution in [0.25, 0.3) is 0 Å². The molecule has 4 heteroatoms. The second kappa shape index (κ2) is 4.82. The summed E-state index contributed by atoms with van der Waals surface area (Å²) in [6.07, 6.45) is 3.78. The maximum absolute atomic E-state index is 11.8. The van der Waals surface area contributed by atoms with Gasteiger partial charge in [-0.1, -0.05) is 30.4 Å². The fraction of sp³-hybridized carbons (Fsp3) is 0.231. The summed E-state index contributed by atoms with van der Waals surface area (Å²) in [5, 5.41) is 11.6. The number of amides is 1. The number of rotatable bonds is 3. The molecule has 1 aliphatic carbocycles. The van der Waals surface area contributed by atoms with Crippen molar-refractivity contribution in [1.29, 1.82) is 0 Å². The zero-order valence-electron chi connectivity index (χ0n) is 9.17. The molecule has 0 saturated heterocycles. The Morgan fingerprint density at radius 3 is 2.47 bits per heavy atom. The van der Waals surface area contributed by atoms with Crippen LogP contribution < -0.4 is 5.32 Å². The van der Waals surface area contributed by atoms with Crippen LogP contribution in [0.1, 0.15) is 16.8 Å². The molecule has 2 atom stereocenters. The first-order chi connectivity index (χ1) is 8.16. The van der Waals surface area contributed by atoms with Gasteiger partial charge in [0, 0.05) is 11.6 Å². The first-order valence-corrected chi connectivity index (χ1v) is 5.44. The Bertz CT molecular complexity index is 453. The van der Waals surface area contributed by atoms with Crippen LogP contribution in [0.4, 0.5) is 0 Å². The maximum Gasteiger partial charge on any atom is 0.310 e. The summed E-state index contributed by atoms with van der Waals surface area (Å²) in [5.74, 6) is -1.51. The third kappa shape index (κ3) is 2.72. The van der Waals surface area contributed by atoms with Gasteiger partial charge in [0.15, 0.2) is 0 Å². The number of carbonyl (C=O) groups excluding carboxylic acids is 1. The van der Waals surface area contributed by atoms with Crippen molar-refractivity contribution in [2.24, 2.45) is 5.92 Å². The topological polar surface area (TPSA) is 66.4 Å². The number of benzene rings is 1. The van der Waals surface area contributed by atoms with E-state index in [2.05, 4.69) is 5.32 Å². The van der Waals surface area contributed by atoms with E-state index >= 15 is 0 Å². The standard InChI is InChI=1S/C13H13NO3/c15-12(9-4-2-1-3-5-9)14-11-7-6-10(8-11)13(16)17/h1-7,10-11H,8H2,(H,14,15)(H,16,17)/t10?,11-/m0/s1. The van der Waals surface area contributed by atoms with Crippen LogP contribution in [-0.2, 0) is 4.79 Å². The third-order valence-electron chi connectivity index (χ3n) is 2.75. The molecule has 0 aliphatic heterocycles. The Hall–Kier alpha value is -2.10. The van der Waals surface area contributed by atoms with Gasteiger partial charge >= 0.3 is 5.97 Å². The predicted octanol–water partition coefficient (Wildman–Crippen LogP) is 1.45. The largest absolute Gasteiger partial charge is 0.481 e. The Kier molecular flexibility index (Phi) is 3.23. The van der Waals surface area contributed by atoms with Gasteiger partial charge in [0.05, 0.1) is 5.92 Å². The highest BCUT2D eigenvalue weighted by Crippen LogP contribution is 2.18. The van der Waals surface area contributed by atoms with Crippen molar-refractivity contribution in [3.63, 3.8) is 0 Å². The number of carboxylic acid groups (broad SMARTS) is 1. The molecule has 4 nitrogen and oxygen atoms in total. The second-order valence-electron chi connectivity index (χ2n) is 4.01. The third-order valence-corrected chi connectivity index (χ3v) is 2.75. The lowest BCUT2D eigenvalue weighted by atomic mass is 10.1. The first kappa shape index (κ1) is 11.4. The number of carbonyl (C=O) groups is 2. The molecule has 2 rings (SSSR count). The number of aliphatic carboxylic acids is 1. The van der Waals surface area contributed by atoms with Crippen LogP contribution in [-0.4, -0.2) is 23.0 Å². The predicted molar refractivity (Wildman–Crippen MR) is 62.6 cm³/mol. The molecule has 17 heavy (non-hydrogen) atoms. The molecule has 0 radical (unpaired) electrons. The molecular formula is C13H13NO3. The van der Waals surface area contributed by atoms with Crippen LogP contribution >= 0.6 is 0 Å². The average Bonchev–Trinajstić information content (AvgIpc) is 2.79. The van der Waals surface area contributed by atoms with E-state index in [1.165, 1.54) is 0 Å². The molecule has 1 aromatic carbocycles. The van der Waals surface area contributed by atoms with Crippen molar-refractivity contribution >= 4 is 11.9 Å². The molecule has 0 bridgehead atoms. The molecule has 1 unspecified atom stereocenters. The summed E-state index contributed by atoms with van der Waals surface area (Å²) in [4.78, 5) is 22.5. The van der Waals surface area contributed by atoms with E-state index in [4.69, 9.17) is 5.11 Å². The van der Waals surface area contributed by atoms with Gasteiger partial charge in [-0.2, -0.15) is 0 Å². The van der Waals surface area contributed by atoms with E-state index in [9.17, 15) is 9.59 Å². The van der Waals surface area contributed by atoms with Crippen molar-refractivity contribution in [2.45, 2.75) is 12.5 Å². The average molecular weight is 231 g/mol. The lowest BCUT2D eigenvalue weighted by Gasteiger charge is -2.11. The second-order valence-corrected chi connectivity index (χ2v) is 4.01. The van der Waals surface area contributed by atoms with Gasteiger partial charge in [0.1, 0.15) is 0 Å². The summed E-state index contributed by atoms with van der Waals surface area (Å²) >= 11 is 0. The highest BCUT2D eigenvalue weighted by Gasteiger charge is 2.25. The molecule has 0 fully saturated rings. The molecule has 0 aromatic heterocycles. The van der Waals surface area contributed by atoms with Crippen LogP contribution in [0.15, 0.2) is 42.5 Å². The van der Waals surface area contributed by atoms with Crippen molar-refractivity contribution in [1.82, 2.24) is 5.32 Å². The number of nitrogens with one attached hydrogen (secondary N) is 1. The van der Waals surface area contributed by atoms with Gasteiger partial charge in [0.2, 0.25) is 0 Å². The van der Waals surface area contributed by atoms with Crippen molar-refractivity contribution in [2.75, 3.05) is 0 Å². The van der Waals surface area contributed by atoms with Crippen LogP contribution in [0.2, 0.25) is 0 Å². The van der Waals surface area contributed by atoms with Gasteiger partial charge in [0.25, 0.3) is 5.91 Å². The monoisotopic (exact) mass is 231 g/mol. The maximum atomic E-state index is 11.8. The molecule has 0 heterocycles. The van der Waals surface area contributed by atoms with Crippen LogP contribution in [0.3, 0.4) is 0 Å². The zero-order chi connectivity index (χ0) is 12.3. The fourth-order valence-electron chi connectivity index (χ4n) is 1.83. The van der Waals surface area contributed by atoms with Crippen molar-refractivity contribution in [3.05, 3.63) is 48.0 Å². The van der Waals surface area contributed by atoms with Crippen LogP contribution in [0, 0.1) is 5.92 Å². The summed E-state index contributed by atoms with van der Waals surface area (Å²) < 4.78 is 0. The molecular weight excluding hydrogens is 218 g/mol. The van der Waals surface area contributed by atoms with E-state index in [0.29, 0.717) is 12.0 Å². The Balaban J connectivity index is 1.94. The molecule has 1 aliphatic rings. The summed E-state index contributed by atoms with van der Waals surface area (Å²) in [6.45, 7) is 0. The lowest BCUT2D eigenvalue weighted by molar-refractivity contribution is -0.140. The SMILES string of the molecule is O=C(N[C@H]1C=CC(C(=O)O)C1)c1ccccc1. The molecule has 1 amide bonds. The quantitative estimate of drug-likeness (QED) is 0.774. The first-order valence-electron chi connectivity index (χ1n) is 5.44. The molecule has 88 valence electrons. The summed E-state index contributed by atoms with van der Waals surface area (Å²) in [7, 11) is 0. The van der Waals surface area contributed by atoms with Gasteiger partial charge in [-0.25, -0.2) is 0 Å². The van der Waals surface area contributed by atoms with Crippen molar-refractivity contribution in [3.8, 4) is 0 Å². The summed E-state index contributed by atoms with van der Waals surface area (Å²) in [5.41, 5.74) is 0.583. The fourth-order valence-corrected chi connectivity index (χ4v) is 1.83.